The van der Waals surface area contributed by atoms with Gasteiger partial charge in [0.15, 0.2) is 0 Å². The second kappa shape index (κ2) is 5.31. The van der Waals surface area contributed by atoms with Gasteiger partial charge >= 0.3 is 6.36 Å². The first-order valence-corrected chi connectivity index (χ1v) is 5.36. The Kier molecular flexibility index (Phi) is 4.28. The van der Waals surface area contributed by atoms with E-state index in [-0.39, 0.29) is 23.0 Å². The van der Waals surface area contributed by atoms with Crippen LogP contribution in [-0.2, 0) is 11.8 Å². The van der Waals surface area contributed by atoms with E-state index in [9.17, 15) is 17.6 Å². The number of halogens is 5. The molecule has 0 amide bonds. The SMILES string of the molecule is N#CCc1cc(F)c(CBr)c(OC(F)(F)F)n1. The second-order valence-electron chi connectivity index (χ2n) is 2.90. The number of aromatic nitrogens is 1. The predicted molar refractivity (Wildman–Crippen MR) is 52.8 cm³/mol. The molecule has 0 aliphatic rings. The minimum atomic E-state index is -4.96. The molecule has 0 aromatic carbocycles. The number of alkyl halides is 4. The van der Waals surface area contributed by atoms with Crippen molar-refractivity contribution in [2.45, 2.75) is 18.1 Å². The molecule has 0 spiro atoms. The molecule has 1 heterocycles. The van der Waals surface area contributed by atoms with Crippen molar-refractivity contribution in [1.82, 2.24) is 4.98 Å². The number of rotatable bonds is 3. The average molecular weight is 313 g/mol. The van der Waals surface area contributed by atoms with Crippen LogP contribution in [0.4, 0.5) is 17.6 Å². The first-order chi connectivity index (χ1) is 7.87. The van der Waals surface area contributed by atoms with Crippen LogP contribution in [0.2, 0.25) is 0 Å². The van der Waals surface area contributed by atoms with Crippen LogP contribution in [0.15, 0.2) is 6.07 Å². The minimum absolute atomic E-state index is 0.117. The summed E-state index contributed by atoms with van der Waals surface area (Å²) in [5.74, 6) is -1.78. The van der Waals surface area contributed by atoms with Crippen LogP contribution in [0.5, 0.6) is 5.88 Å². The molecule has 1 aromatic heterocycles. The number of hydrogen-bond acceptors (Lipinski definition) is 3. The van der Waals surface area contributed by atoms with E-state index < -0.39 is 18.1 Å². The summed E-state index contributed by atoms with van der Waals surface area (Å²) in [4.78, 5) is 3.44. The summed E-state index contributed by atoms with van der Waals surface area (Å²) in [6, 6.07) is 2.57. The molecule has 1 rings (SSSR count). The highest BCUT2D eigenvalue weighted by Gasteiger charge is 2.33. The van der Waals surface area contributed by atoms with Crippen LogP contribution in [0.3, 0.4) is 0 Å². The normalized spacial score (nSPS) is 11.1. The van der Waals surface area contributed by atoms with E-state index in [0.717, 1.165) is 6.07 Å². The van der Waals surface area contributed by atoms with Gasteiger partial charge < -0.3 is 4.74 Å². The van der Waals surface area contributed by atoms with Crippen molar-refractivity contribution in [2.24, 2.45) is 0 Å². The Morgan fingerprint density at radius 3 is 2.59 bits per heavy atom. The van der Waals surface area contributed by atoms with Crippen molar-refractivity contribution >= 4 is 15.9 Å². The lowest BCUT2D eigenvalue weighted by atomic mass is 10.2. The summed E-state index contributed by atoms with van der Waals surface area (Å²) in [5.41, 5.74) is -0.460. The maximum atomic E-state index is 13.4. The van der Waals surface area contributed by atoms with Crippen LogP contribution in [0, 0.1) is 17.1 Å². The lowest BCUT2D eigenvalue weighted by Gasteiger charge is -2.12. The molecule has 92 valence electrons. The van der Waals surface area contributed by atoms with Crippen molar-refractivity contribution in [3.05, 3.63) is 23.1 Å². The highest BCUT2D eigenvalue weighted by atomic mass is 79.9. The van der Waals surface area contributed by atoms with E-state index in [0.29, 0.717) is 0 Å². The van der Waals surface area contributed by atoms with Crippen LogP contribution >= 0.6 is 15.9 Å². The molecular formula is C9H5BrF4N2O. The van der Waals surface area contributed by atoms with Crippen molar-refractivity contribution in [2.75, 3.05) is 0 Å². The number of ether oxygens (including phenoxy) is 1. The van der Waals surface area contributed by atoms with Gasteiger partial charge in [0.05, 0.1) is 23.7 Å². The van der Waals surface area contributed by atoms with Crippen molar-refractivity contribution in [3.63, 3.8) is 0 Å². The third-order valence-corrected chi connectivity index (χ3v) is 2.25. The lowest BCUT2D eigenvalue weighted by molar-refractivity contribution is -0.276. The van der Waals surface area contributed by atoms with Crippen LogP contribution in [-0.4, -0.2) is 11.3 Å². The van der Waals surface area contributed by atoms with Gasteiger partial charge in [0.2, 0.25) is 5.88 Å². The first kappa shape index (κ1) is 13.7. The number of nitrogens with zero attached hydrogens (tertiary/aromatic N) is 2. The Hall–Kier alpha value is -1.36. The largest absolute Gasteiger partial charge is 0.574 e. The third-order valence-electron chi connectivity index (χ3n) is 1.69. The smallest absolute Gasteiger partial charge is 0.387 e. The first-order valence-electron chi connectivity index (χ1n) is 4.24. The molecule has 0 unspecified atom stereocenters. The summed E-state index contributed by atoms with van der Waals surface area (Å²) < 4.78 is 53.1. The molecule has 0 saturated heterocycles. The Balaban J connectivity index is 3.20. The molecular weight excluding hydrogens is 308 g/mol. The van der Waals surface area contributed by atoms with E-state index in [1.54, 1.807) is 6.07 Å². The Labute approximate surface area is 102 Å². The third kappa shape index (κ3) is 3.85. The predicted octanol–water partition coefficient (Wildman–Crippen LogP) is 3.08. The number of pyridine rings is 1. The van der Waals surface area contributed by atoms with Crippen LogP contribution in [0.1, 0.15) is 11.3 Å². The topological polar surface area (TPSA) is 45.9 Å². The molecule has 0 aliphatic carbocycles. The minimum Gasteiger partial charge on any atom is -0.387 e. The molecule has 0 N–H and O–H groups in total. The van der Waals surface area contributed by atoms with Gasteiger partial charge in [-0.05, 0) is 6.07 Å². The fourth-order valence-electron chi connectivity index (χ4n) is 1.05. The van der Waals surface area contributed by atoms with Crippen molar-refractivity contribution in [3.8, 4) is 11.9 Å². The molecule has 8 heteroatoms. The quantitative estimate of drug-likeness (QED) is 0.636. The molecule has 0 saturated carbocycles. The van der Waals surface area contributed by atoms with Crippen molar-refractivity contribution in [1.29, 1.82) is 5.26 Å². The zero-order chi connectivity index (χ0) is 13.1. The molecule has 0 bridgehead atoms. The van der Waals surface area contributed by atoms with E-state index in [1.807, 2.05) is 0 Å². The van der Waals surface area contributed by atoms with Gasteiger partial charge in [-0.2, -0.15) is 5.26 Å². The molecule has 0 aliphatic heterocycles. The summed E-state index contributed by atoms with van der Waals surface area (Å²) >= 11 is 2.84. The fourth-order valence-corrected chi connectivity index (χ4v) is 1.56. The van der Waals surface area contributed by atoms with Crippen LogP contribution < -0.4 is 4.74 Å². The zero-order valence-corrected chi connectivity index (χ0v) is 9.77. The number of hydrogen-bond donors (Lipinski definition) is 0. The van der Waals surface area contributed by atoms with E-state index >= 15 is 0 Å². The van der Waals surface area contributed by atoms with Gasteiger partial charge in [-0.25, -0.2) is 9.37 Å². The van der Waals surface area contributed by atoms with Gasteiger partial charge in [0, 0.05) is 5.33 Å². The molecule has 0 fully saturated rings. The van der Waals surface area contributed by atoms with E-state index in [1.165, 1.54) is 0 Å². The Morgan fingerprint density at radius 2 is 2.12 bits per heavy atom. The molecule has 17 heavy (non-hydrogen) atoms. The van der Waals surface area contributed by atoms with E-state index in [4.69, 9.17) is 5.26 Å². The standard InChI is InChI=1S/C9H5BrF4N2O/c10-4-6-7(11)3-5(1-2-15)16-8(6)17-9(12,13)14/h3H,1,4H2. The fraction of sp³-hybridized carbons (Fsp3) is 0.333. The van der Waals surface area contributed by atoms with Crippen LogP contribution in [0.25, 0.3) is 0 Å². The van der Waals surface area contributed by atoms with Gasteiger partial charge in [-0.15, -0.1) is 13.2 Å². The zero-order valence-electron chi connectivity index (χ0n) is 8.18. The summed E-state index contributed by atoms with van der Waals surface area (Å²) in [7, 11) is 0. The highest BCUT2D eigenvalue weighted by Crippen LogP contribution is 2.28. The number of nitriles is 1. The van der Waals surface area contributed by atoms with Gasteiger partial charge in [0.25, 0.3) is 0 Å². The Bertz CT molecular complexity index is 456. The van der Waals surface area contributed by atoms with Gasteiger partial charge in [0.1, 0.15) is 5.82 Å². The van der Waals surface area contributed by atoms with E-state index in [2.05, 4.69) is 25.7 Å². The summed E-state index contributed by atoms with van der Waals surface area (Å²) in [6.07, 6.45) is -5.25. The Morgan fingerprint density at radius 1 is 1.47 bits per heavy atom. The highest BCUT2D eigenvalue weighted by molar-refractivity contribution is 9.08. The summed E-state index contributed by atoms with van der Waals surface area (Å²) in [5, 5.41) is 8.20. The monoisotopic (exact) mass is 312 g/mol. The molecule has 0 radical (unpaired) electrons. The maximum Gasteiger partial charge on any atom is 0.574 e. The second-order valence-corrected chi connectivity index (χ2v) is 3.46. The maximum absolute atomic E-state index is 13.4. The molecule has 1 aromatic rings. The van der Waals surface area contributed by atoms with Gasteiger partial charge in [-0.1, -0.05) is 15.9 Å². The lowest BCUT2D eigenvalue weighted by Crippen LogP contribution is -2.19. The summed E-state index contributed by atoms with van der Waals surface area (Å²) in [6.45, 7) is 0. The average Bonchev–Trinajstić information content (AvgIpc) is 2.15. The van der Waals surface area contributed by atoms with Gasteiger partial charge in [-0.3, -0.25) is 0 Å². The van der Waals surface area contributed by atoms with Crippen molar-refractivity contribution < 1.29 is 22.3 Å². The molecule has 3 nitrogen and oxygen atoms in total. The molecule has 0 atom stereocenters.